The van der Waals surface area contributed by atoms with Crippen molar-refractivity contribution >= 4 is 34.2 Å². The normalized spacial score (nSPS) is 15.0. The van der Waals surface area contributed by atoms with E-state index in [-0.39, 0.29) is 11.7 Å². The zero-order chi connectivity index (χ0) is 23.7. The van der Waals surface area contributed by atoms with Gasteiger partial charge in [0, 0.05) is 54.5 Å². The summed E-state index contributed by atoms with van der Waals surface area (Å²) in [4.78, 5) is 24.8. The molecule has 0 saturated carbocycles. The first-order valence-corrected chi connectivity index (χ1v) is 11.6. The molecule has 1 saturated heterocycles. The van der Waals surface area contributed by atoms with E-state index >= 15 is 0 Å². The number of pyridine rings is 1. The van der Waals surface area contributed by atoms with Gasteiger partial charge < -0.3 is 20.5 Å². The molecule has 1 fully saturated rings. The van der Waals surface area contributed by atoms with Gasteiger partial charge in [0.25, 0.3) is 0 Å². The predicted octanol–water partition coefficient (Wildman–Crippen LogP) is 4.24. The smallest absolute Gasteiger partial charge is 0.239 e. The number of fused-ring (bicyclic) bond motifs is 1. The number of benzene rings is 2. The Bertz CT molecular complexity index is 1310. The van der Waals surface area contributed by atoms with Gasteiger partial charge in [-0.3, -0.25) is 4.79 Å². The summed E-state index contributed by atoms with van der Waals surface area (Å²) in [6.07, 6.45) is 4.10. The van der Waals surface area contributed by atoms with E-state index in [0.717, 1.165) is 33.4 Å². The number of aromatic amines is 1. The fourth-order valence-electron chi connectivity index (χ4n) is 4.55. The number of anilines is 1. The second kappa shape index (κ2) is 9.44. The number of H-pyrrole nitrogens is 1. The molecule has 0 radical (unpaired) electrons. The van der Waals surface area contributed by atoms with E-state index in [0.29, 0.717) is 37.6 Å². The van der Waals surface area contributed by atoms with Crippen molar-refractivity contribution in [1.82, 2.24) is 14.9 Å². The highest BCUT2D eigenvalue weighted by Crippen LogP contribution is 2.37. The number of aromatic nitrogens is 2. The molecule has 0 bridgehead atoms. The van der Waals surface area contributed by atoms with Crippen LogP contribution in [0.4, 0.5) is 10.1 Å². The number of hydrogen-bond donors (Lipinski definition) is 2. The highest BCUT2D eigenvalue weighted by atomic mass is 35.5. The highest BCUT2D eigenvalue weighted by molar-refractivity contribution is 6.30. The van der Waals surface area contributed by atoms with Crippen molar-refractivity contribution in [3.8, 4) is 11.1 Å². The number of nitrogens with one attached hydrogen (secondary N) is 1. The van der Waals surface area contributed by atoms with Crippen molar-refractivity contribution in [1.29, 1.82) is 0 Å². The van der Waals surface area contributed by atoms with Crippen LogP contribution in [0, 0.1) is 5.82 Å². The Hall–Kier alpha value is -3.42. The second-order valence-corrected chi connectivity index (χ2v) is 8.96. The summed E-state index contributed by atoms with van der Waals surface area (Å²) in [5.74, 6) is -0.343. The van der Waals surface area contributed by atoms with E-state index in [9.17, 15) is 9.18 Å². The first kappa shape index (κ1) is 22.4. The zero-order valence-corrected chi connectivity index (χ0v) is 19.3. The van der Waals surface area contributed by atoms with E-state index in [2.05, 4.69) is 14.9 Å². The van der Waals surface area contributed by atoms with Gasteiger partial charge in [0.2, 0.25) is 5.91 Å². The molecule has 2 aromatic heterocycles. The van der Waals surface area contributed by atoms with Gasteiger partial charge in [0.1, 0.15) is 11.5 Å². The number of amides is 1. The van der Waals surface area contributed by atoms with Crippen molar-refractivity contribution in [2.75, 3.05) is 31.1 Å². The third-order valence-electron chi connectivity index (χ3n) is 6.29. The minimum atomic E-state index is -0.604. The first-order chi connectivity index (χ1) is 16.5. The van der Waals surface area contributed by atoms with Crippen molar-refractivity contribution < 1.29 is 9.18 Å². The molecule has 34 heavy (non-hydrogen) atoms. The van der Waals surface area contributed by atoms with E-state index in [1.165, 1.54) is 12.1 Å². The Morgan fingerprint density at radius 3 is 2.62 bits per heavy atom. The lowest BCUT2D eigenvalue weighted by Crippen LogP contribution is -2.53. The number of halogens is 2. The summed E-state index contributed by atoms with van der Waals surface area (Å²) < 4.78 is 14.0. The van der Waals surface area contributed by atoms with Crippen LogP contribution < -0.4 is 10.6 Å². The number of nitrogens with two attached hydrogens (primary N) is 1. The lowest BCUT2D eigenvalue weighted by Gasteiger charge is -2.38. The van der Waals surface area contributed by atoms with Crippen LogP contribution in [0.2, 0.25) is 5.02 Å². The third kappa shape index (κ3) is 4.49. The molecule has 6 nitrogen and oxygen atoms in total. The quantitative estimate of drug-likeness (QED) is 0.450. The third-order valence-corrected chi connectivity index (χ3v) is 6.54. The Labute approximate surface area is 202 Å². The number of carbonyl (C=O) groups is 1. The molecule has 174 valence electrons. The molecule has 1 aliphatic rings. The van der Waals surface area contributed by atoms with Gasteiger partial charge in [-0.15, -0.1) is 0 Å². The minimum Gasteiger partial charge on any atom is -0.367 e. The van der Waals surface area contributed by atoms with Crippen molar-refractivity contribution in [2.45, 2.75) is 12.5 Å². The van der Waals surface area contributed by atoms with Crippen LogP contribution >= 0.6 is 11.6 Å². The topological polar surface area (TPSA) is 78.2 Å². The lowest BCUT2D eigenvalue weighted by molar-refractivity contribution is -0.132. The number of nitrogens with zero attached hydrogens (tertiary/aromatic N) is 3. The van der Waals surface area contributed by atoms with Crippen LogP contribution in [0.25, 0.3) is 22.2 Å². The molecule has 5 rings (SSSR count). The van der Waals surface area contributed by atoms with Gasteiger partial charge in [-0.2, -0.15) is 0 Å². The van der Waals surface area contributed by atoms with Crippen LogP contribution in [0.15, 0.2) is 67.0 Å². The lowest BCUT2D eigenvalue weighted by atomic mass is 10.0. The van der Waals surface area contributed by atoms with Gasteiger partial charge in [-0.25, -0.2) is 9.37 Å². The molecule has 1 atom stereocenters. The molecule has 4 aromatic rings. The molecular weight excluding hydrogens is 453 g/mol. The van der Waals surface area contributed by atoms with Crippen LogP contribution in [0.5, 0.6) is 0 Å². The van der Waals surface area contributed by atoms with E-state index in [1.807, 2.05) is 35.4 Å². The van der Waals surface area contributed by atoms with Gasteiger partial charge in [-0.1, -0.05) is 35.9 Å². The van der Waals surface area contributed by atoms with Crippen LogP contribution in [0.3, 0.4) is 0 Å². The maximum absolute atomic E-state index is 14.0. The molecule has 3 N–H and O–H groups in total. The monoisotopic (exact) mass is 477 g/mol. The average molecular weight is 478 g/mol. The molecule has 8 heteroatoms. The maximum Gasteiger partial charge on any atom is 0.239 e. The number of piperazine rings is 1. The Morgan fingerprint density at radius 1 is 1.12 bits per heavy atom. The largest absolute Gasteiger partial charge is 0.367 e. The van der Waals surface area contributed by atoms with E-state index < -0.39 is 6.04 Å². The summed E-state index contributed by atoms with van der Waals surface area (Å²) in [5, 5.41) is 1.63. The van der Waals surface area contributed by atoms with Gasteiger partial charge in [0.15, 0.2) is 0 Å². The molecular formula is C26H25ClFN5O. The zero-order valence-electron chi connectivity index (χ0n) is 18.5. The predicted molar refractivity (Wildman–Crippen MR) is 133 cm³/mol. The molecule has 0 aliphatic carbocycles. The minimum absolute atomic E-state index is 0.0542. The molecule has 0 spiro atoms. The van der Waals surface area contributed by atoms with Crippen molar-refractivity contribution in [3.63, 3.8) is 0 Å². The first-order valence-electron chi connectivity index (χ1n) is 11.3. The summed E-state index contributed by atoms with van der Waals surface area (Å²) in [7, 11) is 0. The molecule has 1 unspecified atom stereocenters. The van der Waals surface area contributed by atoms with Crippen LogP contribution in [-0.2, 0) is 11.2 Å². The molecule has 1 amide bonds. The van der Waals surface area contributed by atoms with E-state index in [1.54, 1.807) is 24.4 Å². The van der Waals surface area contributed by atoms with Gasteiger partial charge in [0.05, 0.1) is 11.7 Å². The maximum atomic E-state index is 14.0. The SMILES string of the molecule is NC(Cc1ccc(Cl)cc1)C(=O)N1CCN(c2c(-c3cccc(F)c3)cnc3[nH]ccc23)CC1. The van der Waals surface area contributed by atoms with Crippen molar-refractivity contribution in [3.05, 3.63) is 83.4 Å². The fraction of sp³-hybridized carbons (Fsp3) is 0.231. The number of hydrogen-bond acceptors (Lipinski definition) is 4. The van der Waals surface area contributed by atoms with Crippen LogP contribution in [-0.4, -0.2) is 53.0 Å². The molecule has 3 heterocycles. The highest BCUT2D eigenvalue weighted by Gasteiger charge is 2.27. The Kier molecular flexibility index (Phi) is 6.22. The number of carbonyl (C=O) groups excluding carboxylic acids is 1. The summed E-state index contributed by atoms with van der Waals surface area (Å²) in [6.45, 7) is 2.41. The Morgan fingerprint density at radius 2 is 1.88 bits per heavy atom. The number of rotatable bonds is 5. The van der Waals surface area contributed by atoms with Crippen LogP contribution in [0.1, 0.15) is 5.56 Å². The summed E-state index contributed by atoms with van der Waals surface area (Å²) in [6, 6.07) is 15.3. The fourth-order valence-corrected chi connectivity index (χ4v) is 4.67. The summed E-state index contributed by atoms with van der Waals surface area (Å²) in [5.41, 5.74) is 10.6. The second-order valence-electron chi connectivity index (χ2n) is 8.52. The molecule has 1 aliphatic heterocycles. The van der Waals surface area contributed by atoms with Crippen molar-refractivity contribution in [2.24, 2.45) is 5.73 Å². The van der Waals surface area contributed by atoms with Gasteiger partial charge >= 0.3 is 0 Å². The summed E-state index contributed by atoms with van der Waals surface area (Å²) >= 11 is 5.95. The Balaban J connectivity index is 1.34. The standard InChI is InChI=1S/C26H25ClFN5O/c27-19-6-4-17(5-7-19)14-23(29)26(34)33-12-10-32(11-13-33)24-21-8-9-30-25(21)31-16-22(24)18-2-1-3-20(28)15-18/h1-9,15-16,23H,10-14,29H2,(H,30,31). The molecule has 2 aromatic carbocycles. The average Bonchev–Trinajstić information content (AvgIpc) is 3.33. The van der Waals surface area contributed by atoms with Gasteiger partial charge in [-0.05, 0) is 47.9 Å². The van der Waals surface area contributed by atoms with E-state index in [4.69, 9.17) is 17.3 Å².